The molecule has 3 aromatic rings. The number of pyridine rings is 1. The lowest BCUT2D eigenvalue weighted by Crippen LogP contribution is -2.27. The van der Waals surface area contributed by atoms with Gasteiger partial charge in [-0.3, -0.25) is 14.6 Å². The van der Waals surface area contributed by atoms with Crippen LogP contribution in [-0.2, 0) is 6.42 Å². The van der Waals surface area contributed by atoms with E-state index >= 15 is 0 Å². The number of aromatic nitrogens is 1. The topological polar surface area (TPSA) is 110 Å². The highest BCUT2D eigenvalue weighted by Gasteiger charge is 2.36. The molecule has 8 heteroatoms. The lowest BCUT2D eigenvalue weighted by molar-refractivity contribution is 0.0954. The maximum absolute atomic E-state index is 13.1. The molecule has 1 aliphatic rings. The fourth-order valence-electron chi connectivity index (χ4n) is 4.34. The molecule has 0 fully saturated rings. The number of carbonyl (C=O) groups excluding carboxylic acids is 2. The third-order valence-corrected chi connectivity index (χ3v) is 5.96. The van der Waals surface area contributed by atoms with E-state index in [0.29, 0.717) is 35.6 Å². The monoisotopic (exact) mass is 475 g/mol. The number of fused-ring (bicyclic) bond motifs is 1. The van der Waals surface area contributed by atoms with Gasteiger partial charge in [-0.25, -0.2) is 0 Å². The van der Waals surface area contributed by atoms with Gasteiger partial charge in [-0.1, -0.05) is 18.2 Å². The van der Waals surface area contributed by atoms with E-state index in [1.165, 1.54) is 0 Å². The van der Waals surface area contributed by atoms with Crippen LogP contribution in [0.2, 0.25) is 0 Å². The Balaban J connectivity index is 1.64. The number of amides is 2. The zero-order valence-corrected chi connectivity index (χ0v) is 19.8. The summed E-state index contributed by atoms with van der Waals surface area (Å²) in [6, 6.07) is 14.8. The minimum Gasteiger partial charge on any atom is -0.491 e. The Morgan fingerprint density at radius 2 is 2.00 bits per heavy atom. The summed E-state index contributed by atoms with van der Waals surface area (Å²) in [6.07, 6.45) is 3.87. The number of ether oxygens (including phenoxy) is 2. The summed E-state index contributed by atoms with van der Waals surface area (Å²) in [5, 5.41) is 14.7. The highest BCUT2D eigenvalue weighted by atomic mass is 16.5. The van der Waals surface area contributed by atoms with Crippen molar-refractivity contribution >= 4 is 11.8 Å². The zero-order valence-electron chi connectivity index (χ0n) is 19.8. The Labute approximate surface area is 204 Å². The fourth-order valence-corrected chi connectivity index (χ4v) is 4.34. The molecule has 0 spiro atoms. The number of hydrogen-bond acceptors (Lipinski definition) is 6. The Bertz CT molecular complexity index is 1200. The molecule has 4 rings (SSSR count). The predicted octanol–water partition coefficient (Wildman–Crippen LogP) is 2.70. The standard InChI is InChI=1S/C27H29N3O5/c1-17-24(19-6-3-7-21(13-19)34-12-11-31)22-14-20(15-23(25(22)35-17)27(33)28-2)26(32)30-10-8-18-5-4-9-29-16-18/h3-7,9,13-17,24,31H,8,10-12H2,1-2H3,(H,28,33)(H,30,32)/t17-,24+/m1/s1. The number of carbonyl (C=O) groups is 2. The van der Waals surface area contributed by atoms with Crippen molar-refractivity contribution in [1.82, 2.24) is 15.6 Å². The summed E-state index contributed by atoms with van der Waals surface area (Å²) in [5.41, 5.74) is 3.45. The van der Waals surface area contributed by atoms with E-state index in [1.54, 1.807) is 31.6 Å². The molecular formula is C27H29N3O5. The molecule has 0 saturated carbocycles. The maximum Gasteiger partial charge on any atom is 0.254 e. The number of nitrogens with zero attached hydrogens (tertiary/aromatic N) is 1. The van der Waals surface area contributed by atoms with E-state index in [2.05, 4.69) is 15.6 Å². The molecule has 2 heterocycles. The van der Waals surface area contributed by atoms with Crippen molar-refractivity contribution in [3.63, 3.8) is 0 Å². The SMILES string of the molecule is CNC(=O)c1cc(C(=O)NCCc2cccnc2)cc2c1O[C@H](C)[C@H]2c1cccc(OCCO)c1. The van der Waals surface area contributed by atoms with Gasteiger partial charge in [-0.05, 0) is 54.8 Å². The third-order valence-electron chi connectivity index (χ3n) is 5.96. The summed E-state index contributed by atoms with van der Waals surface area (Å²) >= 11 is 0. The highest BCUT2D eigenvalue weighted by Crippen LogP contribution is 2.45. The summed E-state index contributed by atoms with van der Waals surface area (Å²) in [4.78, 5) is 29.8. The van der Waals surface area contributed by atoms with Crippen LogP contribution in [-0.4, -0.2) is 54.8 Å². The van der Waals surface area contributed by atoms with Crippen LogP contribution in [0.3, 0.4) is 0 Å². The van der Waals surface area contributed by atoms with E-state index in [9.17, 15) is 9.59 Å². The van der Waals surface area contributed by atoms with Crippen molar-refractivity contribution in [2.75, 3.05) is 26.8 Å². The summed E-state index contributed by atoms with van der Waals surface area (Å²) in [7, 11) is 1.55. The average molecular weight is 476 g/mol. The summed E-state index contributed by atoms with van der Waals surface area (Å²) in [6.45, 7) is 2.50. The van der Waals surface area contributed by atoms with Gasteiger partial charge in [0.15, 0.2) is 0 Å². The molecule has 2 atom stereocenters. The molecule has 2 aromatic carbocycles. The van der Waals surface area contributed by atoms with Crippen LogP contribution in [0.4, 0.5) is 0 Å². The first-order chi connectivity index (χ1) is 17.0. The normalized spacial score (nSPS) is 16.2. The van der Waals surface area contributed by atoms with E-state index in [-0.39, 0.29) is 37.0 Å². The molecule has 0 aliphatic carbocycles. The van der Waals surface area contributed by atoms with Crippen LogP contribution in [0.15, 0.2) is 60.9 Å². The molecule has 182 valence electrons. The molecule has 0 radical (unpaired) electrons. The lowest BCUT2D eigenvalue weighted by atomic mass is 9.86. The second-order valence-corrected chi connectivity index (χ2v) is 8.33. The first kappa shape index (κ1) is 24.2. The predicted molar refractivity (Wildman–Crippen MR) is 131 cm³/mol. The Hall–Kier alpha value is -3.91. The van der Waals surface area contributed by atoms with Crippen molar-refractivity contribution in [3.8, 4) is 11.5 Å². The smallest absolute Gasteiger partial charge is 0.254 e. The number of rotatable bonds is 9. The van der Waals surface area contributed by atoms with Gasteiger partial charge in [0, 0.05) is 43.0 Å². The van der Waals surface area contributed by atoms with Gasteiger partial charge in [0.25, 0.3) is 11.8 Å². The average Bonchev–Trinajstić information content (AvgIpc) is 3.22. The van der Waals surface area contributed by atoms with Crippen LogP contribution >= 0.6 is 0 Å². The number of aliphatic hydroxyl groups excluding tert-OH is 1. The molecule has 35 heavy (non-hydrogen) atoms. The number of hydrogen-bond donors (Lipinski definition) is 3. The van der Waals surface area contributed by atoms with Gasteiger partial charge in [0.2, 0.25) is 0 Å². The Morgan fingerprint density at radius 3 is 2.74 bits per heavy atom. The minimum absolute atomic E-state index is 0.0786. The number of benzene rings is 2. The van der Waals surface area contributed by atoms with Gasteiger partial charge in [0.05, 0.1) is 12.2 Å². The fraction of sp³-hybridized carbons (Fsp3) is 0.296. The Kier molecular flexibility index (Phi) is 7.62. The van der Waals surface area contributed by atoms with E-state index in [1.807, 2.05) is 43.3 Å². The molecule has 0 unspecified atom stereocenters. The summed E-state index contributed by atoms with van der Waals surface area (Å²) in [5.74, 6) is 0.331. The molecule has 8 nitrogen and oxygen atoms in total. The largest absolute Gasteiger partial charge is 0.491 e. The third kappa shape index (κ3) is 5.44. The van der Waals surface area contributed by atoms with Crippen molar-refractivity contribution in [3.05, 3.63) is 88.7 Å². The van der Waals surface area contributed by atoms with E-state index in [0.717, 1.165) is 16.7 Å². The van der Waals surface area contributed by atoms with Gasteiger partial charge in [-0.15, -0.1) is 0 Å². The molecule has 1 aromatic heterocycles. The zero-order chi connectivity index (χ0) is 24.8. The quantitative estimate of drug-likeness (QED) is 0.439. The van der Waals surface area contributed by atoms with Crippen molar-refractivity contribution in [2.24, 2.45) is 0 Å². The van der Waals surface area contributed by atoms with Crippen LogP contribution in [0.5, 0.6) is 11.5 Å². The van der Waals surface area contributed by atoms with Crippen LogP contribution < -0.4 is 20.1 Å². The second kappa shape index (κ2) is 11.0. The van der Waals surface area contributed by atoms with Crippen LogP contribution in [0.25, 0.3) is 0 Å². The summed E-state index contributed by atoms with van der Waals surface area (Å²) < 4.78 is 11.7. The minimum atomic E-state index is -0.320. The Morgan fingerprint density at radius 1 is 1.14 bits per heavy atom. The lowest BCUT2D eigenvalue weighted by Gasteiger charge is -2.17. The molecular weight excluding hydrogens is 446 g/mol. The van der Waals surface area contributed by atoms with E-state index < -0.39 is 0 Å². The second-order valence-electron chi connectivity index (χ2n) is 8.33. The van der Waals surface area contributed by atoms with Crippen LogP contribution in [0.1, 0.15) is 50.2 Å². The molecule has 1 aliphatic heterocycles. The molecule has 3 N–H and O–H groups in total. The highest BCUT2D eigenvalue weighted by molar-refractivity contribution is 6.02. The first-order valence-corrected chi connectivity index (χ1v) is 11.6. The molecule has 0 bridgehead atoms. The van der Waals surface area contributed by atoms with E-state index in [4.69, 9.17) is 14.6 Å². The van der Waals surface area contributed by atoms with Crippen molar-refractivity contribution in [1.29, 1.82) is 0 Å². The van der Waals surface area contributed by atoms with Crippen molar-refractivity contribution in [2.45, 2.75) is 25.4 Å². The molecule has 2 amide bonds. The number of nitrogens with one attached hydrogen (secondary N) is 2. The van der Waals surface area contributed by atoms with Gasteiger partial charge in [-0.2, -0.15) is 0 Å². The van der Waals surface area contributed by atoms with Crippen molar-refractivity contribution < 1.29 is 24.2 Å². The van der Waals surface area contributed by atoms with Crippen LogP contribution in [0, 0.1) is 0 Å². The number of aliphatic hydroxyl groups is 1. The molecule has 0 saturated heterocycles. The van der Waals surface area contributed by atoms with Gasteiger partial charge < -0.3 is 25.2 Å². The van der Waals surface area contributed by atoms with Gasteiger partial charge in [0.1, 0.15) is 24.2 Å². The first-order valence-electron chi connectivity index (χ1n) is 11.6. The maximum atomic E-state index is 13.1. The van der Waals surface area contributed by atoms with Gasteiger partial charge >= 0.3 is 0 Å².